The smallest absolute Gasteiger partial charge is 0.306 e. The quantitative estimate of drug-likeness (QED) is 0.118. The normalized spacial score (nSPS) is 18.1. The van der Waals surface area contributed by atoms with Crippen LogP contribution in [0.2, 0.25) is 0 Å². The Kier molecular flexibility index (Phi) is 17.3. The summed E-state index contributed by atoms with van der Waals surface area (Å²) >= 11 is 0. The second-order valence-corrected chi connectivity index (χ2v) is 12.8. The Labute approximate surface area is 220 Å². The van der Waals surface area contributed by atoms with Gasteiger partial charge in [-0.2, -0.15) is 0 Å². The molecule has 0 spiro atoms. The van der Waals surface area contributed by atoms with Crippen LogP contribution in [0.4, 0.5) is 0 Å². The number of rotatable bonds is 21. The Balaban J connectivity index is 1.87. The van der Waals surface area contributed by atoms with Crippen molar-refractivity contribution in [1.29, 1.82) is 0 Å². The molecule has 1 aliphatic heterocycles. The molecule has 0 aromatic rings. The molecule has 0 N–H and O–H groups in total. The molecule has 0 atom stereocenters. The van der Waals surface area contributed by atoms with E-state index < -0.39 is 0 Å². The maximum atomic E-state index is 12.4. The Morgan fingerprint density at radius 3 is 1.29 bits per heavy atom. The largest absolute Gasteiger partial charge is 0.462 e. The number of hydrogen-bond donors (Lipinski definition) is 0. The van der Waals surface area contributed by atoms with Crippen LogP contribution < -0.4 is 0 Å². The third-order valence-electron chi connectivity index (χ3n) is 8.55. The molecule has 208 valence electrons. The molecule has 3 heteroatoms. The summed E-state index contributed by atoms with van der Waals surface area (Å²) in [6, 6.07) is 0. The summed E-state index contributed by atoms with van der Waals surface area (Å²) < 4.78 is 5.88. The number of piperidine rings is 1. The first-order valence-corrected chi connectivity index (χ1v) is 15.6. The summed E-state index contributed by atoms with van der Waals surface area (Å²) in [4.78, 5) is 14.8. The third kappa shape index (κ3) is 15.3. The lowest BCUT2D eigenvalue weighted by Gasteiger charge is -2.53. The van der Waals surface area contributed by atoms with Gasteiger partial charge in [0.1, 0.15) is 6.10 Å². The second-order valence-electron chi connectivity index (χ2n) is 12.8. The molecule has 0 amide bonds. The maximum absolute atomic E-state index is 12.4. The predicted molar refractivity (Wildman–Crippen MR) is 153 cm³/mol. The van der Waals surface area contributed by atoms with Gasteiger partial charge in [0.15, 0.2) is 0 Å². The van der Waals surface area contributed by atoms with Crippen molar-refractivity contribution in [2.24, 2.45) is 0 Å². The Morgan fingerprint density at radius 2 is 0.943 bits per heavy atom. The van der Waals surface area contributed by atoms with E-state index in [0.29, 0.717) is 6.42 Å². The summed E-state index contributed by atoms with van der Waals surface area (Å²) in [6.07, 6.45) is 28.7. The van der Waals surface area contributed by atoms with Crippen LogP contribution in [0.25, 0.3) is 0 Å². The zero-order valence-electron chi connectivity index (χ0n) is 24.9. The zero-order chi connectivity index (χ0) is 26.0. The van der Waals surface area contributed by atoms with Crippen molar-refractivity contribution in [2.45, 2.75) is 193 Å². The fraction of sp³-hybridized carbons (Fsp3) is 0.969. The Bertz CT molecular complexity index is 510. The lowest BCUT2D eigenvalue weighted by molar-refractivity contribution is -0.159. The zero-order valence-corrected chi connectivity index (χ0v) is 24.9. The van der Waals surface area contributed by atoms with Gasteiger partial charge in [0.25, 0.3) is 0 Å². The van der Waals surface area contributed by atoms with E-state index in [2.05, 4.69) is 46.6 Å². The van der Waals surface area contributed by atoms with Crippen molar-refractivity contribution in [3.63, 3.8) is 0 Å². The minimum atomic E-state index is 0.0122. The van der Waals surface area contributed by atoms with Crippen LogP contribution in [0, 0.1) is 0 Å². The van der Waals surface area contributed by atoms with Crippen LogP contribution in [-0.4, -0.2) is 35.1 Å². The molecule has 35 heavy (non-hydrogen) atoms. The topological polar surface area (TPSA) is 29.5 Å². The number of hydrogen-bond acceptors (Lipinski definition) is 3. The lowest BCUT2D eigenvalue weighted by Crippen LogP contribution is -2.60. The SMILES string of the molecule is CCCCCCCCCCCCCCCCCCCCCC(=O)OC1CC(C)(C)N(C)C(C)(C)C1. The van der Waals surface area contributed by atoms with E-state index >= 15 is 0 Å². The van der Waals surface area contributed by atoms with Crippen molar-refractivity contribution < 1.29 is 9.53 Å². The highest BCUT2D eigenvalue weighted by molar-refractivity contribution is 5.69. The van der Waals surface area contributed by atoms with Crippen molar-refractivity contribution >= 4 is 5.97 Å². The summed E-state index contributed by atoms with van der Waals surface area (Å²) in [6.45, 7) is 11.3. The first-order valence-electron chi connectivity index (χ1n) is 15.6. The van der Waals surface area contributed by atoms with Gasteiger partial charge in [-0.25, -0.2) is 0 Å². The van der Waals surface area contributed by atoms with Gasteiger partial charge in [-0.3, -0.25) is 9.69 Å². The highest BCUT2D eigenvalue weighted by Gasteiger charge is 2.44. The van der Waals surface area contributed by atoms with E-state index in [4.69, 9.17) is 4.74 Å². The minimum Gasteiger partial charge on any atom is -0.462 e. The van der Waals surface area contributed by atoms with Crippen molar-refractivity contribution in [1.82, 2.24) is 4.90 Å². The Morgan fingerprint density at radius 1 is 0.629 bits per heavy atom. The number of carbonyl (C=O) groups excluding carboxylic acids is 1. The summed E-state index contributed by atoms with van der Waals surface area (Å²) in [7, 11) is 2.19. The van der Waals surface area contributed by atoms with Crippen LogP contribution in [0.3, 0.4) is 0 Å². The van der Waals surface area contributed by atoms with Crippen LogP contribution in [0.15, 0.2) is 0 Å². The predicted octanol–water partition coefficient (Wildman–Crippen LogP) is 10.0. The molecule has 1 aliphatic rings. The van der Waals surface area contributed by atoms with Gasteiger partial charge >= 0.3 is 5.97 Å². The van der Waals surface area contributed by atoms with E-state index in [0.717, 1.165) is 25.7 Å². The molecule has 0 aromatic heterocycles. The van der Waals surface area contributed by atoms with Crippen molar-refractivity contribution in [3.8, 4) is 0 Å². The first-order chi connectivity index (χ1) is 16.7. The van der Waals surface area contributed by atoms with E-state index in [1.807, 2.05) is 0 Å². The summed E-state index contributed by atoms with van der Waals surface area (Å²) in [5.41, 5.74) is 0.139. The molecule has 0 unspecified atom stereocenters. The molecule has 1 rings (SSSR count). The monoisotopic (exact) mass is 493 g/mol. The highest BCUT2D eigenvalue weighted by Crippen LogP contribution is 2.38. The minimum absolute atomic E-state index is 0.0122. The molecule has 0 saturated carbocycles. The Hall–Kier alpha value is -0.570. The van der Waals surface area contributed by atoms with Crippen LogP contribution in [0.1, 0.15) is 176 Å². The molecule has 0 bridgehead atoms. The molecule has 1 saturated heterocycles. The molecule has 3 nitrogen and oxygen atoms in total. The number of ether oxygens (including phenoxy) is 1. The summed E-state index contributed by atoms with van der Waals surface area (Å²) in [5, 5.41) is 0. The van der Waals surface area contributed by atoms with Crippen molar-refractivity contribution in [3.05, 3.63) is 0 Å². The van der Waals surface area contributed by atoms with Gasteiger partial charge in [-0.1, -0.05) is 122 Å². The first kappa shape index (κ1) is 32.5. The molecular formula is C32H63NO2. The van der Waals surface area contributed by atoms with Gasteiger partial charge in [0.05, 0.1) is 0 Å². The van der Waals surface area contributed by atoms with E-state index in [1.54, 1.807) is 0 Å². The van der Waals surface area contributed by atoms with Gasteiger partial charge in [0, 0.05) is 30.3 Å². The van der Waals surface area contributed by atoms with Gasteiger partial charge in [-0.05, 0) is 41.2 Å². The molecule has 0 aromatic carbocycles. The van der Waals surface area contributed by atoms with Gasteiger partial charge in [-0.15, -0.1) is 0 Å². The van der Waals surface area contributed by atoms with Gasteiger partial charge in [0.2, 0.25) is 0 Å². The second kappa shape index (κ2) is 18.6. The molecule has 1 fully saturated rings. The average molecular weight is 494 g/mol. The lowest BCUT2D eigenvalue weighted by atomic mass is 9.79. The molecule has 0 radical (unpaired) electrons. The number of likely N-dealkylation sites (tertiary alicyclic amines) is 1. The van der Waals surface area contributed by atoms with E-state index in [9.17, 15) is 4.79 Å². The van der Waals surface area contributed by atoms with Crippen LogP contribution >= 0.6 is 0 Å². The number of unbranched alkanes of at least 4 members (excludes halogenated alkanes) is 18. The van der Waals surface area contributed by atoms with Crippen LogP contribution in [-0.2, 0) is 9.53 Å². The molecule has 0 aliphatic carbocycles. The van der Waals surface area contributed by atoms with E-state index in [1.165, 1.54) is 109 Å². The van der Waals surface area contributed by atoms with Gasteiger partial charge < -0.3 is 4.74 Å². The number of carbonyl (C=O) groups is 1. The highest BCUT2D eigenvalue weighted by atomic mass is 16.5. The van der Waals surface area contributed by atoms with Crippen molar-refractivity contribution in [2.75, 3.05) is 7.05 Å². The fourth-order valence-corrected chi connectivity index (χ4v) is 5.96. The van der Waals surface area contributed by atoms with E-state index in [-0.39, 0.29) is 23.2 Å². The average Bonchev–Trinajstić information content (AvgIpc) is 2.78. The third-order valence-corrected chi connectivity index (χ3v) is 8.55. The number of esters is 1. The molecule has 1 heterocycles. The standard InChI is InChI=1S/C32H63NO2/c1-7-8-9-10-11-12-13-14-15-16-17-18-19-20-21-22-23-24-25-26-30(34)35-29-27-31(2,3)33(6)32(4,5)28-29/h29H,7-28H2,1-6H3. The number of nitrogens with zero attached hydrogens (tertiary/aromatic N) is 1. The molecular weight excluding hydrogens is 430 g/mol. The summed E-state index contributed by atoms with van der Waals surface area (Å²) in [5.74, 6) is 0.0122. The maximum Gasteiger partial charge on any atom is 0.306 e. The fourth-order valence-electron chi connectivity index (χ4n) is 5.96. The van der Waals surface area contributed by atoms with Crippen LogP contribution in [0.5, 0.6) is 0 Å².